The van der Waals surface area contributed by atoms with E-state index in [0.29, 0.717) is 32.4 Å². The van der Waals surface area contributed by atoms with Crippen LogP contribution < -0.4 is 10.3 Å². The van der Waals surface area contributed by atoms with E-state index in [9.17, 15) is 14.9 Å². The standard InChI is InChI=1S/C21H15N3O4S/c1-28-15-8-6-7-14(13-15)23-20(25)16-9-2-3-10-17(16)22-21(23)29-19-12-5-4-11-18(19)24(26)27/h2-13H,1H3. The van der Waals surface area contributed by atoms with Crippen LogP contribution in [0.15, 0.2) is 87.6 Å². The molecule has 0 aliphatic heterocycles. The van der Waals surface area contributed by atoms with Gasteiger partial charge < -0.3 is 4.74 Å². The Morgan fingerprint density at radius 1 is 1.03 bits per heavy atom. The van der Waals surface area contributed by atoms with Crippen molar-refractivity contribution in [3.63, 3.8) is 0 Å². The first-order valence-corrected chi connectivity index (χ1v) is 9.47. The fraction of sp³-hybridized carbons (Fsp3) is 0.0476. The molecule has 0 unspecified atom stereocenters. The molecule has 0 aliphatic carbocycles. The van der Waals surface area contributed by atoms with E-state index in [1.807, 2.05) is 0 Å². The Morgan fingerprint density at radius 2 is 1.79 bits per heavy atom. The van der Waals surface area contributed by atoms with Crippen molar-refractivity contribution in [3.05, 3.63) is 93.3 Å². The predicted molar refractivity (Wildman–Crippen MR) is 111 cm³/mol. The van der Waals surface area contributed by atoms with Crippen molar-refractivity contribution in [1.82, 2.24) is 9.55 Å². The molecule has 1 heterocycles. The Morgan fingerprint density at radius 3 is 2.59 bits per heavy atom. The first-order chi connectivity index (χ1) is 14.1. The number of hydrogen-bond acceptors (Lipinski definition) is 6. The minimum absolute atomic E-state index is 0.0444. The van der Waals surface area contributed by atoms with Crippen LogP contribution >= 0.6 is 11.8 Å². The van der Waals surface area contributed by atoms with Crippen LogP contribution in [-0.4, -0.2) is 21.6 Å². The molecule has 0 spiro atoms. The lowest BCUT2D eigenvalue weighted by molar-refractivity contribution is -0.387. The van der Waals surface area contributed by atoms with Gasteiger partial charge in [-0.1, -0.05) is 30.3 Å². The molecule has 0 aliphatic rings. The van der Waals surface area contributed by atoms with Crippen LogP contribution in [0.3, 0.4) is 0 Å². The molecule has 8 heteroatoms. The van der Waals surface area contributed by atoms with E-state index in [1.54, 1.807) is 73.8 Å². The van der Waals surface area contributed by atoms with E-state index in [4.69, 9.17) is 4.74 Å². The summed E-state index contributed by atoms with van der Waals surface area (Å²) in [5, 5.41) is 12.2. The minimum atomic E-state index is -0.447. The monoisotopic (exact) mass is 405 g/mol. The van der Waals surface area contributed by atoms with Gasteiger partial charge in [0.15, 0.2) is 5.16 Å². The highest BCUT2D eigenvalue weighted by atomic mass is 32.2. The highest BCUT2D eigenvalue weighted by Gasteiger charge is 2.19. The molecule has 0 saturated heterocycles. The number of nitrogens with zero attached hydrogens (tertiary/aromatic N) is 3. The maximum atomic E-state index is 13.3. The first kappa shape index (κ1) is 18.7. The Balaban J connectivity index is 1.98. The van der Waals surface area contributed by atoms with E-state index >= 15 is 0 Å². The summed E-state index contributed by atoms with van der Waals surface area (Å²) >= 11 is 1.08. The summed E-state index contributed by atoms with van der Waals surface area (Å²) in [5.74, 6) is 0.587. The van der Waals surface area contributed by atoms with E-state index < -0.39 is 4.92 Å². The molecule has 29 heavy (non-hydrogen) atoms. The van der Waals surface area contributed by atoms with Crippen LogP contribution in [0.2, 0.25) is 0 Å². The van der Waals surface area contributed by atoms with Gasteiger partial charge in [0, 0.05) is 12.1 Å². The molecule has 0 fully saturated rings. The van der Waals surface area contributed by atoms with Crippen molar-refractivity contribution in [2.24, 2.45) is 0 Å². The number of nitro benzene ring substituents is 1. The highest BCUT2D eigenvalue weighted by Crippen LogP contribution is 2.34. The number of para-hydroxylation sites is 2. The van der Waals surface area contributed by atoms with Gasteiger partial charge >= 0.3 is 0 Å². The third-order valence-corrected chi connectivity index (χ3v) is 5.34. The fourth-order valence-corrected chi connectivity index (χ4v) is 3.96. The van der Waals surface area contributed by atoms with Crippen molar-refractivity contribution in [2.45, 2.75) is 10.1 Å². The molecule has 7 nitrogen and oxygen atoms in total. The molecule has 0 amide bonds. The van der Waals surface area contributed by atoms with E-state index in [-0.39, 0.29) is 11.2 Å². The summed E-state index contributed by atoms with van der Waals surface area (Å²) < 4.78 is 6.73. The van der Waals surface area contributed by atoms with E-state index in [2.05, 4.69) is 4.98 Å². The van der Waals surface area contributed by atoms with Crippen molar-refractivity contribution in [1.29, 1.82) is 0 Å². The number of benzene rings is 3. The minimum Gasteiger partial charge on any atom is -0.497 e. The van der Waals surface area contributed by atoms with E-state index in [1.165, 1.54) is 10.6 Å². The fourth-order valence-electron chi connectivity index (χ4n) is 2.95. The third kappa shape index (κ3) is 3.57. The predicted octanol–water partition coefficient (Wildman–Crippen LogP) is 4.45. The zero-order valence-electron chi connectivity index (χ0n) is 15.3. The van der Waals surface area contributed by atoms with Gasteiger partial charge in [0.1, 0.15) is 5.75 Å². The number of fused-ring (bicyclic) bond motifs is 1. The normalized spacial score (nSPS) is 10.8. The van der Waals surface area contributed by atoms with Crippen LogP contribution in [0.4, 0.5) is 5.69 Å². The summed E-state index contributed by atoms with van der Waals surface area (Å²) in [6, 6.07) is 20.4. The highest BCUT2D eigenvalue weighted by molar-refractivity contribution is 7.99. The van der Waals surface area contributed by atoms with Crippen LogP contribution in [0, 0.1) is 10.1 Å². The molecule has 4 rings (SSSR count). The molecule has 0 radical (unpaired) electrons. The van der Waals surface area contributed by atoms with Crippen molar-refractivity contribution in [2.75, 3.05) is 7.11 Å². The number of rotatable bonds is 5. The van der Waals surface area contributed by atoms with Crippen LogP contribution in [0.25, 0.3) is 16.6 Å². The SMILES string of the molecule is COc1cccc(-n2c(Sc3ccccc3[N+](=O)[O-])nc3ccccc3c2=O)c1. The number of aromatic nitrogens is 2. The first-order valence-electron chi connectivity index (χ1n) is 8.66. The second-order valence-corrected chi connectivity index (χ2v) is 7.09. The molecular weight excluding hydrogens is 390 g/mol. The summed E-state index contributed by atoms with van der Waals surface area (Å²) in [6.07, 6.45) is 0. The average Bonchev–Trinajstić information content (AvgIpc) is 2.74. The van der Waals surface area contributed by atoms with Gasteiger partial charge in [0.25, 0.3) is 11.2 Å². The van der Waals surface area contributed by atoms with Gasteiger partial charge in [0.05, 0.1) is 33.5 Å². The zero-order valence-corrected chi connectivity index (χ0v) is 16.1. The van der Waals surface area contributed by atoms with Gasteiger partial charge in [-0.3, -0.25) is 19.5 Å². The zero-order chi connectivity index (χ0) is 20.4. The number of hydrogen-bond donors (Lipinski definition) is 0. The van der Waals surface area contributed by atoms with Gasteiger partial charge in [-0.05, 0) is 42.1 Å². The summed E-state index contributed by atoms with van der Waals surface area (Å²) in [5.41, 5.74) is 0.786. The maximum absolute atomic E-state index is 13.3. The van der Waals surface area contributed by atoms with Gasteiger partial charge in [-0.25, -0.2) is 4.98 Å². The summed E-state index contributed by atoms with van der Waals surface area (Å²) in [6.45, 7) is 0. The molecule has 1 aromatic heterocycles. The summed E-state index contributed by atoms with van der Waals surface area (Å²) in [4.78, 5) is 29.3. The lowest BCUT2D eigenvalue weighted by Gasteiger charge is -2.14. The second kappa shape index (κ2) is 7.76. The molecule has 0 atom stereocenters. The number of nitro groups is 1. The third-order valence-electron chi connectivity index (χ3n) is 4.32. The maximum Gasteiger partial charge on any atom is 0.283 e. The van der Waals surface area contributed by atoms with Gasteiger partial charge in [0.2, 0.25) is 0 Å². The Labute approximate surface area is 169 Å². The van der Waals surface area contributed by atoms with Crippen LogP contribution in [0.5, 0.6) is 5.75 Å². The smallest absolute Gasteiger partial charge is 0.283 e. The molecule has 0 saturated carbocycles. The lowest BCUT2D eigenvalue weighted by Crippen LogP contribution is -2.21. The van der Waals surface area contributed by atoms with Crippen molar-refractivity contribution >= 4 is 28.4 Å². The van der Waals surface area contributed by atoms with Gasteiger partial charge in [-0.15, -0.1) is 0 Å². The molecule has 3 aromatic carbocycles. The van der Waals surface area contributed by atoms with Crippen LogP contribution in [0.1, 0.15) is 0 Å². The molecular formula is C21H15N3O4S. The van der Waals surface area contributed by atoms with E-state index in [0.717, 1.165) is 11.8 Å². The second-order valence-electron chi connectivity index (χ2n) is 6.08. The molecule has 4 aromatic rings. The largest absolute Gasteiger partial charge is 0.497 e. The Kier molecular flexibility index (Phi) is 5.01. The Hall–Kier alpha value is -3.65. The number of methoxy groups -OCH3 is 1. The van der Waals surface area contributed by atoms with Crippen molar-refractivity contribution < 1.29 is 9.66 Å². The molecule has 0 N–H and O–H groups in total. The van der Waals surface area contributed by atoms with Crippen LogP contribution in [-0.2, 0) is 0 Å². The average molecular weight is 405 g/mol. The topological polar surface area (TPSA) is 87.3 Å². The Bertz CT molecular complexity index is 1290. The quantitative estimate of drug-likeness (QED) is 0.277. The molecule has 144 valence electrons. The lowest BCUT2D eigenvalue weighted by atomic mass is 10.2. The molecule has 0 bridgehead atoms. The van der Waals surface area contributed by atoms with Crippen molar-refractivity contribution in [3.8, 4) is 11.4 Å². The summed E-state index contributed by atoms with van der Waals surface area (Å²) in [7, 11) is 1.55. The number of ether oxygens (including phenoxy) is 1. The van der Waals surface area contributed by atoms with Gasteiger partial charge in [-0.2, -0.15) is 0 Å².